The van der Waals surface area contributed by atoms with Crippen LogP contribution < -0.4 is 5.32 Å². The standard InChI is InChI=1S/C10H11ClN2O4/c1-6(10(14)15)12-5-7-4-8(11)2-3-9(7)13(16)17/h2-4,6,12H,5H2,1H3,(H,14,15)/t6-/m1/s1. The lowest BCUT2D eigenvalue weighted by molar-refractivity contribution is -0.385. The second-order valence-electron chi connectivity index (χ2n) is 3.47. The van der Waals surface area contributed by atoms with Gasteiger partial charge in [-0.2, -0.15) is 0 Å². The minimum absolute atomic E-state index is 0.0737. The molecule has 6 nitrogen and oxygen atoms in total. The molecule has 0 unspecified atom stereocenters. The van der Waals surface area contributed by atoms with E-state index in [9.17, 15) is 14.9 Å². The third-order valence-corrected chi connectivity index (χ3v) is 2.44. The van der Waals surface area contributed by atoms with Gasteiger partial charge in [-0.3, -0.25) is 14.9 Å². The molecule has 17 heavy (non-hydrogen) atoms. The van der Waals surface area contributed by atoms with Crippen molar-refractivity contribution in [2.75, 3.05) is 0 Å². The Morgan fingerprint density at radius 1 is 1.65 bits per heavy atom. The minimum Gasteiger partial charge on any atom is -0.480 e. The summed E-state index contributed by atoms with van der Waals surface area (Å²) in [4.78, 5) is 20.8. The number of nitro benzene ring substituents is 1. The molecule has 0 radical (unpaired) electrons. The summed E-state index contributed by atoms with van der Waals surface area (Å²) in [6.07, 6.45) is 0. The van der Waals surface area contributed by atoms with Gasteiger partial charge in [0.15, 0.2) is 0 Å². The van der Waals surface area contributed by atoms with Gasteiger partial charge in [-0.05, 0) is 19.1 Å². The van der Waals surface area contributed by atoms with E-state index in [0.717, 1.165) is 0 Å². The van der Waals surface area contributed by atoms with Crippen LogP contribution in [0.4, 0.5) is 5.69 Å². The van der Waals surface area contributed by atoms with E-state index in [1.807, 2.05) is 0 Å². The van der Waals surface area contributed by atoms with Gasteiger partial charge in [0, 0.05) is 23.2 Å². The Morgan fingerprint density at radius 2 is 2.29 bits per heavy atom. The molecule has 1 aromatic carbocycles. The van der Waals surface area contributed by atoms with Crippen molar-refractivity contribution in [2.24, 2.45) is 0 Å². The van der Waals surface area contributed by atoms with Gasteiger partial charge in [-0.15, -0.1) is 0 Å². The molecular formula is C10H11ClN2O4. The monoisotopic (exact) mass is 258 g/mol. The lowest BCUT2D eigenvalue weighted by Crippen LogP contribution is -2.33. The maximum atomic E-state index is 10.7. The summed E-state index contributed by atoms with van der Waals surface area (Å²) in [5.74, 6) is -1.02. The van der Waals surface area contributed by atoms with Crippen molar-refractivity contribution in [2.45, 2.75) is 19.5 Å². The Kier molecular flexibility index (Phi) is 4.42. The molecule has 0 spiro atoms. The third-order valence-electron chi connectivity index (χ3n) is 2.21. The largest absolute Gasteiger partial charge is 0.480 e. The molecule has 7 heteroatoms. The summed E-state index contributed by atoms with van der Waals surface area (Å²) in [7, 11) is 0. The SMILES string of the molecule is C[C@@H](NCc1cc(Cl)ccc1[N+](=O)[O-])C(=O)O. The minimum atomic E-state index is -1.02. The first-order chi connectivity index (χ1) is 7.91. The number of carboxylic acid groups (broad SMARTS) is 1. The molecule has 92 valence electrons. The molecule has 0 fully saturated rings. The van der Waals surface area contributed by atoms with E-state index in [1.165, 1.54) is 25.1 Å². The maximum Gasteiger partial charge on any atom is 0.320 e. The van der Waals surface area contributed by atoms with E-state index in [2.05, 4.69) is 5.32 Å². The highest BCUT2D eigenvalue weighted by Crippen LogP contribution is 2.22. The van der Waals surface area contributed by atoms with E-state index in [-0.39, 0.29) is 12.2 Å². The van der Waals surface area contributed by atoms with Crippen molar-refractivity contribution < 1.29 is 14.8 Å². The zero-order valence-corrected chi connectivity index (χ0v) is 9.77. The van der Waals surface area contributed by atoms with Gasteiger partial charge >= 0.3 is 5.97 Å². The fraction of sp³-hybridized carbons (Fsp3) is 0.300. The van der Waals surface area contributed by atoms with Crippen LogP contribution in [0.3, 0.4) is 0 Å². The van der Waals surface area contributed by atoms with Gasteiger partial charge < -0.3 is 10.4 Å². The fourth-order valence-electron chi connectivity index (χ4n) is 1.22. The number of nitrogens with zero attached hydrogens (tertiary/aromatic N) is 1. The van der Waals surface area contributed by atoms with E-state index >= 15 is 0 Å². The van der Waals surface area contributed by atoms with Crippen LogP contribution in [0.5, 0.6) is 0 Å². The molecule has 0 aliphatic heterocycles. The Hall–Kier alpha value is -1.66. The normalized spacial score (nSPS) is 12.1. The number of rotatable bonds is 5. The van der Waals surface area contributed by atoms with Gasteiger partial charge in [-0.25, -0.2) is 0 Å². The molecule has 0 heterocycles. The number of halogens is 1. The molecule has 0 aliphatic carbocycles. The lowest BCUT2D eigenvalue weighted by atomic mass is 10.1. The summed E-state index contributed by atoms with van der Waals surface area (Å²) in [6, 6.07) is 3.38. The quantitative estimate of drug-likeness (QED) is 0.621. The molecule has 0 aliphatic rings. The van der Waals surface area contributed by atoms with Crippen LogP contribution in [-0.4, -0.2) is 22.0 Å². The smallest absolute Gasteiger partial charge is 0.320 e. The van der Waals surface area contributed by atoms with Crippen molar-refractivity contribution in [3.63, 3.8) is 0 Å². The highest BCUT2D eigenvalue weighted by Gasteiger charge is 2.16. The Morgan fingerprint density at radius 3 is 2.82 bits per heavy atom. The summed E-state index contributed by atoms with van der Waals surface area (Å²) < 4.78 is 0. The summed E-state index contributed by atoms with van der Waals surface area (Å²) in [6.45, 7) is 1.53. The Balaban J connectivity index is 2.85. The van der Waals surface area contributed by atoms with Crippen LogP contribution in [0.1, 0.15) is 12.5 Å². The van der Waals surface area contributed by atoms with E-state index in [1.54, 1.807) is 0 Å². The number of carbonyl (C=O) groups is 1. The lowest BCUT2D eigenvalue weighted by Gasteiger charge is -2.09. The first-order valence-corrected chi connectivity index (χ1v) is 5.18. The van der Waals surface area contributed by atoms with E-state index < -0.39 is 16.9 Å². The van der Waals surface area contributed by atoms with Crippen LogP contribution in [0, 0.1) is 10.1 Å². The summed E-state index contributed by atoms with van der Waals surface area (Å²) in [5.41, 5.74) is 0.273. The van der Waals surface area contributed by atoms with E-state index in [0.29, 0.717) is 10.6 Å². The molecule has 0 amide bonds. The maximum absolute atomic E-state index is 10.7. The van der Waals surface area contributed by atoms with Crippen molar-refractivity contribution in [3.8, 4) is 0 Å². The van der Waals surface area contributed by atoms with Crippen LogP contribution in [0.2, 0.25) is 5.02 Å². The molecule has 1 atom stereocenters. The summed E-state index contributed by atoms with van der Waals surface area (Å²) in [5, 5.41) is 22.4. The van der Waals surface area contributed by atoms with Crippen molar-refractivity contribution in [1.82, 2.24) is 5.32 Å². The molecule has 1 rings (SSSR count). The predicted octanol–water partition coefficient (Wildman–Crippen LogP) is 1.81. The van der Waals surface area contributed by atoms with Gasteiger partial charge in [-0.1, -0.05) is 11.6 Å². The number of benzene rings is 1. The highest BCUT2D eigenvalue weighted by molar-refractivity contribution is 6.30. The molecule has 0 saturated heterocycles. The molecular weight excluding hydrogens is 248 g/mol. The van der Waals surface area contributed by atoms with Crippen molar-refractivity contribution in [1.29, 1.82) is 0 Å². The molecule has 0 aromatic heterocycles. The summed E-state index contributed by atoms with van der Waals surface area (Å²) >= 11 is 5.73. The average molecular weight is 259 g/mol. The topological polar surface area (TPSA) is 92.5 Å². The van der Waals surface area contributed by atoms with E-state index in [4.69, 9.17) is 16.7 Å². The second-order valence-corrected chi connectivity index (χ2v) is 3.91. The fourth-order valence-corrected chi connectivity index (χ4v) is 1.42. The van der Waals surface area contributed by atoms with Gasteiger partial charge in [0.1, 0.15) is 6.04 Å². The predicted molar refractivity (Wildman–Crippen MR) is 62.0 cm³/mol. The van der Waals surface area contributed by atoms with Crippen LogP contribution in [0.15, 0.2) is 18.2 Å². The zero-order chi connectivity index (χ0) is 13.0. The Labute approximate surface area is 102 Å². The molecule has 0 saturated carbocycles. The average Bonchev–Trinajstić information content (AvgIpc) is 2.25. The van der Waals surface area contributed by atoms with Crippen LogP contribution >= 0.6 is 11.6 Å². The number of nitrogens with one attached hydrogen (secondary N) is 1. The first kappa shape index (κ1) is 13.4. The third kappa shape index (κ3) is 3.69. The molecule has 1 aromatic rings. The highest BCUT2D eigenvalue weighted by atomic mass is 35.5. The number of aliphatic carboxylic acids is 1. The number of hydrogen-bond donors (Lipinski definition) is 2. The number of hydrogen-bond acceptors (Lipinski definition) is 4. The number of nitro groups is 1. The second kappa shape index (κ2) is 5.60. The molecule has 0 bridgehead atoms. The van der Waals surface area contributed by atoms with Crippen LogP contribution in [0.25, 0.3) is 0 Å². The van der Waals surface area contributed by atoms with Gasteiger partial charge in [0.2, 0.25) is 0 Å². The van der Waals surface area contributed by atoms with Crippen molar-refractivity contribution >= 4 is 23.3 Å². The molecule has 2 N–H and O–H groups in total. The van der Waals surface area contributed by atoms with Crippen LogP contribution in [-0.2, 0) is 11.3 Å². The number of carboxylic acids is 1. The first-order valence-electron chi connectivity index (χ1n) is 4.81. The zero-order valence-electron chi connectivity index (χ0n) is 9.01. The van der Waals surface area contributed by atoms with Crippen molar-refractivity contribution in [3.05, 3.63) is 38.9 Å². The van der Waals surface area contributed by atoms with Gasteiger partial charge in [0.05, 0.1) is 4.92 Å². The Bertz CT molecular complexity index is 450. The van der Waals surface area contributed by atoms with Gasteiger partial charge in [0.25, 0.3) is 5.69 Å².